The van der Waals surface area contributed by atoms with Crippen LogP contribution in [0, 0.1) is 0 Å². The molecular formula is C11H11Cl2N3O5S2. The third-order valence-electron chi connectivity index (χ3n) is 3.02. The molecule has 1 aromatic rings. The van der Waals surface area contributed by atoms with Crippen molar-refractivity contribution < 1.29 is 16.8 Å². The van der Waals surface area contributed by atoms with E-state index in [0.29, 0.717) is 0 Å². The molecule has 0 fully saturated rings. The van der Waals surface area contributed by atoms with Crippen molar-refractivity contribution in [1.29, 1.82) is 0 Å². The summed E-state index contributed by atoms with van der Waals surface area (Å²) >= 11 is 12.2. The van der Waals surface area contributed by atoms with Crippen LogP contribution >= 0.6 is 23.2 Å². The van der Waals surface area contributed by atoms with E-state index < -0.39 is 30.3 Å². The molecule has 1 aromatic heterocycles. The summed E-state index contributed by atoms with van der Waals surface area (Å²) in [7, 11) is -7.73. The average Bonchev–Trinajstić information content (AvgIpc) is 2.35. The normalized spacial score (nSPS) is 22.4. The smallest absolute Gasteiger partial charge is 0.272 e. The Morgan fingerprint density at radius 3 is 2.43 bits per heavy atom. The number of aromatic amines is 1. The molecule has 1 atom stereocenters. The first kappa shape index (κ1) is 18.1. The van der Waals surface area contributed by atoms with Gasteiger partial charge in [0.15, 0.2) is 14.9 Å². The van der Waals surface area contributed by atoms with Gasteiger partial charge in [0.25, 0.3) is 5.56 Å². The fourth-order valence-electron chi connectivity index (χ4n) is 1.97. The number of H-pyrrole nitrogens is 1. The molecule has 0 radical (unpaired) electrons. The highest BCUT2D eigenvalue weighted by Crippen LogP contribution is 2.41. The number of nitrogens with two attached hydrogens (primary N) is 1. The summed E-state index contributed by atoms with van der Waals surface area (Å²) in [5.74, 6) is 0. The van der Waals surface area contributed by atoms with Gasteiger partial charge in [-0.1, -0.05) is 11.6 Å². The van der Waals surface area contributed by atoms with Crippen LogP contribution in [0.15, 0.2) is 38.1 Å². The third kappa shape index (κ3) is 3.83. The van der Waals surface area contributed by atoms with Gasteiger partial charge in [0, 0.05) is 17.7 Å². The molecule has 2 rings (SSSR count). The molecule has 1 unspecified atom stereocenters. The molecule has 1 heterocycles. The van der Waals surface area contributed by atoms with Crippen molar-refractivity contribution in [3.63, 3.8) is 0 Å². The maximum absolute atomic E-state index is 12.1. The highest BCUT2D eigenvalue weighted by molar-refractivity contribution is 7.93. The number of nitrogens with one attached hydrogen (secondary N) is 1. The Morgan fingerprint density at radius 1 is 1.35 bits per heavy atom. The van der Waals surface area contributed by atoms with Gasteiger partial charge in [-0.05, 0) is 12.2 Å². The Balaban J connectivity index is 2.59. The van der Waals surface area contributed by atoms with Gasteiger partial charge in [0.05, 0.1) is 11.1 Å². The molecule has 1 aliphatic carbocycles. The monoisotopic (exact) mass is 399 g/mol. The number of nitrogens with zero attached hydrogens (tertiary/aromatic N) is 1. The second-order valence-electron chi connectivity index (χ2n) is 4.92. The van der Waals surface area contributed by atoms with Crippen molar-refractivity contribution in [2.75, 3.05) is 6.26 Å². The summed E-state index contributed by atoms with van der Waals surface area (Å²) < 4.78 is 45.8. The Bertz CT molecular complexity index is 995. The summed E-state index contributed by atoms with van der Waals surface area (Å²) in [5.41, 5.74) is -1.17. The molecule has 0 saturated heterocycles. The quantitative estimate of drug-likeness (QED) is 0.700. The van der Waals surface area contributed by atoms with Crippen molar-refractivity contribution >= 4 is 43.1 Å². The van der Waals surface area contributed by atoms with Crippen LogP contribution in [0.1, 0.15) is 12.1 Å². The van der Waals surface area contributed by atoms with Crippen molar-refractivity contribution in [2.24, 2.45) is 5.14 Å². The number of hydrogen-bond donors (Lipinski definition) is 2. The molecule has 12 heteroatoms. The number of sulfonamides is 1. The first-order chi connectivity index (χ1) is 10.3. The standard InChI is InChI=1S/C11H11Cl2N3O5S2/c1-22(18,19)8-5-15-9(10(17)16-8)11(13)3-6(12)2-7(4-11)23(14,20)21/h2-3,5H,4H2,1H3,(H,16,17)(H2,14,20,21). The molecule has 3 N–H and O–H groups in total. The van der Waals surface area contributed by atoms with Crippen LogP contribution in [0.2, 0.25) is 0 Å². The lowest BCUT2D eigenvalue weighted by Crippen LogP contribution is -2.33. The second kappa shape index (κ2) is 5.71. The lowest BCUT2D eigenvalue weighted by Gasteiger charge is -2.26. The van der Waals surface area contributed by atoms with E-state index in [9.17, 15) is 21.6 Å². The lowest BCUT2D eigenvalue weighted by molar-refractivity contribution is 0.594. The van der Waals surface area contributed by atoms with E-state index >= 15 is 0 Å². The molecule has 0 saturated carbocycles. The van der Waals surface area contributed by atoms with Gasteiger partial charge in [0.1, 0.15) is 10.6 Å². The van der Waals surface area contributed by atoms with Gasteiger partial charge in [-0.15, -0.1) is 11.6 Å². The second-order valence-corrected chi connectivity index (χ2v) is 9.63. The van der Waals surface area contributed by atoms with Gasteiger partial charge >= 0.3 is 0 Å². The first-order valence-electron chi connectivity index (χ1n) is 5.93. The van der Waals surface area contributed by atoms with Crippen LogP contribution in [0.4, 0.5) is 0 Å². The van der Waals surface area contributed by atoms with Crippen molar-refractivity contribution in [3.05, 3.63) is 44.3 Å². The van der Waals surface area contributed by atoms with Crippen LogP contribution in [0.5, 0.6) is 0 Å². The van der Waals surface area contributed by atoms with Gasteiger partial charge in [-0.25, -0.2) is 22.0 Å². The minimum atomic E-state index is -4.07. The number of halogens is 2. The highest BCUT2D eigenvalue weighted by atomic mass is 35.5. The topological polar surface area (TPSA) is 140 Å². The van der Waals surface area contributed by atoms with E-state index in [-0.39, 0.29) is 27.1 Å². The fraction of sp³-hybridized carbons (Fsp3) is 0.273. The van der Waals surface area contributed by atoms with Crippen molar-refractivity contribution in [3.8, 4) is 0 Å². The van der Waals surface area contributed by atoms with E-state index in [0.717, 1.165) is 18.5 Å². The van der Waals surface area contributed by atoms with Gasteiger partial charge in [-0.3, -0.25) is 9.78 Å². The number of primary sulfonamides is 1. The van der Waals surface area contributed by atoms with E-state index in [2.05, 4.69) is 9.97 Å². The molecule has 0 aromatic carbocycles. The van der Waals surface area contributed by atoms with Crippen LogP contribution in [-0.2, 0) is 24.7 Å². The van der Waals surface area contributed by atoms with Crippen molar-refractivity contribution in [2.45, 2.75) is 16.3 Å². The van der Waals surface area contributed by atoms with Crippen LogP contribution in [0.3, 0.4) is 0 Å². The molecule has 1 aliphatic rings. The van der Waals surface area contributed by atoms with Crippen LogP contribution < -0.4 is 10.7 Å². The van der Waals surface area contributed by atoms with Crippen LogP contribution in [0.25, 0.3) is 0 Å². The number of sulfone groups is 1. The zero-order valence-electron chi connectivity index (χ0n) is 11.6. The Morgan fingerprint density at radius 2 is 1.96 bits per heavy atom. The first-order valence-corrected chi connectivity index (χ1v) is 10.1. The van der Waals surface area contributed by atoms with E-state index in [4.69, 9.17) is 28.3 Å². The molecule has 8 nitrogen and oxygen atoms in total. The number of rotatable bonds is 3. The van der Waals surface area contributed by atoms with Gasteiger partial charge in [0.2, 0.25) is 10.0 Å². The van der Waals surface area contributed by atoms with E-state index in [1.54, 1.807) is 0 Å². The number of allylic oxidation sites excluding steroid dienone is 4. The summed E-state index contributed by atoms with van der Waals surface area (Å²) in [6.07, 6.45) is 3.83. The number of hydrogen-bond acceptors (Lipinski definition) is 6. The molecule has 0 bridgehead atoms. The minimum absolute atomic E-state index is 0.0383. The third-order valence-corrected chi connectivity index (χ3v) is 5.66. The maximum Gasteiger partial charge on any atom is 0.272 e. The van der Waals surface area contributed by atoms with Crippen LogP contribution in [-0.4, -0.2) is 33.1 Å². The predicted molar refractivity (Wildman–Crippen MR) is 85.2 cm³/mol. The number of alkyl halides is 1. The van der Waals surface area contributed by atoms with Gasteiger partial charge in [-0.2, -0.15) is 0 Å². The minimum Gasteiger partial charge on any atom is -0.310 e. The largest absolute Gasteiger partial charge is 0.310 e. The Kier molecular flexibility index (Phi) is 4.50. The molecule has 0 amide bonds. The lowest BCUT2D eigenvalue weighted by atomic mass is 9.96. The zero-order valence-corrected chi connectivity index (χ0v) is 14.7. The molecule has 23 heavy (non-hydrogen) atoms. The molecule has 0 aliphatic heterocycles. The molecule has 0 spiro atoms. The highest BCUT2D eigenvalue weighted by Gasteiger charge is 2.38. The number of aromatic nitrogens is 2. The summed E-state index contributed by atoms with van der Waals surface area (Å²) in [6.45, 7) is 0. The maximum atomic E-state index is 12.1. The summed E-state index contributed by atoms with van der Waals surface area (Å²) in [5, 5.41) is 4.64. The van der Waals surface area contributed by atoms with Crippen molar-refractivity contribution in [1.82, 2.24) is 9.97 Å². The fourth-order valence-corrected chi connectivity index (χ4v) is 4.13. The predicted octanol–water partition coefficient (Wildman–Crippen LogP) is 0.306. The summed E-state index contributed by atoms with van der Waals surface area (Å²) in [6, 6.07) is 0. The summed E-state index contributed by atoms with van der Waals surface area (Å²) in [4.78, 5) is 16.1. The average molecular weight is 400 g/mol. The Hall–Kier alpha value is -1.20. The van der Waals surface area contributed by atoms with E-state index in [1.807, 2.05) is 0 Å². The Labute approximate surface area is 142 Å². The SMILES string of the molecule is CS(=O)(=O)c1cnc(C2(Cl)C=C(Cl)C=C(S(N)(=O)=O)C2)c(=O)[nH]1. The molecule has 126 valence electrons. The van der Waals surface area contributed by atoms with E-state index in [1.165, 1.54) is 6.08 Å². The van der Waals surface area contributed by atoms with Gasteiger partial charge < -0.3 is 4.98 Å². The zero-order chi connectivity index (χ0) is 17.6. The molecular weight excluding hydrogens is 389 g/mol.